The lowest BCUT2D eigenvalue weighted by Gasteiger charge is -2.04. The Kier molecular flexibility index (Phi) is 5.40. The van der Waals surface area contributed by atoms with E-state index in [0.717, 1.165) is 13.0 Å². The van der Waals surface area contributed by atoms with Gasteiger partial charge in [-0.05, 0) is 31.5 Å². The molecule has 0 saturated carbocycles. The summed E-state index contributed by atoms with van der Waals surface area (Å²) in [7, 11) is 0. The molecule has 1 aromatic heterocycles. The molecule has 1 rings (SSSR count). The van der Waals surface area contributed by atoms with E-state index >= 15 is 0 Å². The van der Waals surface area contributed by atoms with E-state index in [1.807, 2.05) is 25.3 Å². The maximum atomic E-state index is 11.1. The van der Waals surface area contributed by atoms with Gasteiger partial charge in [-0.3, -0.25) is 9.78 Å². The summed E-state index contributed by atoms with van der Waals surface area (Å²) in [6.45, 7) is 3.77. The average Bonchev–Trinajstić information content (AvgIpc) is 2.26. The zero-order valence-electron chi connectivity index (χ0n) is 8.99. The highest BCUT2D eigenvalue weighted by molar-refractivity contribution is 5.77. The van der Waals surface area contributed by atoms with Gasteiger partial charge in [-0.2, -0.15) is 0 Å². The maximum absolute atomic E-state index is 11.1. The molecule has 0 radical (unpaired) electrons. The predicted molar refractivity (Wildman–Crippen MR) is 59.5 cm³/mol. The molecular weight excluding hydrogens is 190 g/mol. The summed E-state index contributed by atoms with van der Waals surface area (Å²) in [4.78, 5) is 15.1. The molecule has 0 atom stereocenters. The Hall–Kier alpha value is -1.42. The summed E-state index contributed by atoms with van der Waals surface area (Å²) in [6.07, 6.45) is 4.49. The van der Waals surface area contributed by atoms with Gasteiger partial charge >= 0.3 is 0 Å². The van der Waals surface area contributed by atoms with E-state index in [2.05, 4.69) is 15.6 Å². The van der Waals surface area contributed by atoms with Gasteiger partial charge in [0.25, 0.3) is 0 Å². The van der Waals surface area contributed by atoms with E-state index in [-0.39, 0.29) is 5.91 Å². The number of carbonyl (C=O) groups excluding carboxylic acids is 1. The van der Waals surface area contributed by atoms with Crippen LogP contribution in [0.1, 0.15) is 12.5 Å². The quantitative estimate of drug-likeness (QED) is 0.662. The fourth-order valence-corrected chi connectivity index (χ4v) is 1.24. The molecule has 0 bridgehead atoms. The van der Waals surface area contributed by atoms with Gasteiger partial charge in [-0.15, -0.1) is 0 Å². The Balaban J connectivity index is 2.10. The van der Waals surface area contributed by atoms with Crippen molar-refractivity contribution in [2.45, 2.75) is 13.3 Å². The minimum absolute atomic E-state index is 0.0451. The van der Waals surface area contributed by atoms with Crippen molar-refractivity contribution >= 4 is 5.91 Å². The average molecular weight is 207 g/mol. The number of hydrogen-bond acceptors (Lipinski definition) is 3. The summed E-state index contributed by atoms with van der Waals surface area (Å²) in [6, 6.07) is 3.94. The molecule has 0 aliphatic rings. The Morgan fingerprint density at radius 2 is 2.40 bits per heavy atom. The van der Waals surface area contributed by atoms with Crippen LogP contribution in [-0.4, -0.2) is 30.5 Å². The number of aromatic nitrogens is 1. The fraction of sp³-hybridized carbons (Fsp3) is 0.455. The molecule has 82 valence electrons. The van der Waals surface area contributed by atoms with Gasteiger partial charge in [0.2, 0.25) is 5.91 Å². The van der Waals surface area contributed by atoms with Crippen LogP contribution in [0.4, 0.5) is 0 Å². The van der Waals surface area contributed by atoms with Crippen molar-refractivity contribution in [3.8, 4) is 0 Å². The lowest BCUT2D eigenvalue weighted by molar-refractivity contribution is -0.120. The number of hydrogen-bond donors (Lipinski definition) is 2. The van der Waals surface area contributed by atoms with Crippen molar-refractivity contribution in [2.75, 3.05) is 19.6 Å². The predicted octanol–water partition coefficient (Wildman–Crippen LogP) is 0.350. The Bertz CT molecular complexity index is 287. The van der Waals surface area contributed by atoms with Gasteiger partial charge < -0.3 is 10.6 Å². The first-order valence-electron chi connectivity index (χ1n) is 5.19. The smallest absolute Gasteiger partial charge is 0.233 e. The highest BCUT2D eigenvalue weighted by atomic mass is 16.1. The second-order valence-electron chi connectivity index (χ2n) is 3.24. The van der Waals surface area contributed by atoms with E-state index in [1.165, 1.54) is 5.56 Å². The molecule has 4 heteroatoms. The molecule has 0 aliphatic carbocycles. The first kappa shape index (κ1) is 11.7. The van der Waals surface area contributed by atoms with E-state index in [4.69, 9.17) is 0 Å². The monoisotopic (exact) mass is 207 g/mol. The first-order valence-corrected chi connectivity index (χ1v) is 5.19. The minimum Gasteiger partial charge on any atom is -0.355 e. The minimum atomic E-state index is 0.0451. The molecule has 15 heavy (non-hydrogen) atoms. The third-order valence-electron chi connectivity index (χ3n) is 1.97. The van der Waals surface area contributed by atoms with Crippen molar-refractivity contribution in [3.63, 3.8) is 0 Å². The van der Waals surface area contributed by atoms with Crippen LogP contribution in [0.3, 0.4) is 0 Å². The van der Waals surface area contributed by atoms with E-state index in [9.17, 15) is 4.79 Å². The Labute approximate surface area is 90.1 Å². The van der Waals surface area contributed by atoms with Gasteiger partial charge in [0.1, 0.15) is 0 Å². The van der Waals surface area contributed by atoms with Gasteiger partial charge in [0, 0.05) is 18.9 Å². The number of carbonyl (C=O) groups is 1. The lowest BCUT2D eigenvalue weighted by atomic mass is 10.2. The van der Waals surface area contributed by atoms with Crippen molar-refractivity contribution in [3.05, 3.63) is 30.1 Å². The summed E-state index contributed by atoms with van der Waals surface area (Å²) < 4.78 is 0. The van der Waals surface area contributed by atoms with Gasteiger partial charge in [0.15, 0.2) is 0 Å². The van der Waals surface area contributed by atoms with Crippen LogP contribution < -0.4 is 10.6 Å². The van der Waals surface area contributed by atoms with Crippen LogP contribution in [-0.2, 0) is 11.2 Å². The highest BCUT2D eigenvalue weighted by Gasteiger charge is 1.97. The van der Waals surface area contributed by atoms with Crippen molar-refractivity contribution in [1.82, 2.24) is 15.6 Å². The Morgan fingerprint density at radius 3 is 3.07 bits per heavy atom. The molecule has 4 nitrogen and oxygen atoms in total. The number of amides is 1. The molecule has 1 heterocycles. The summed E-state index contributed by atoms with van der Waals surface area (Å²) in [5.41, 5.74) is 1.18. The normalized spacial score (nSPS) is 9.93. The zero-order valence-corrected chi connectivity index (χ0v) is 8.99. The fourth-order valence-electron chi connectivity index (χ4n) is 1.24. The molecule has 0 aliphatic heterocycles. The van der Waals surface area contributed by atoms with Gasteiger partial charge in [0.05, 0.1) is 6.54 Å². The molecule has 2 N–H and O–H groups in total. The maximum Gasteiger partial charge on any atom is 0.233 e. The van der Waals surface area contributed by atoms with E-state index < -0.39 is 0 Å². The topological polar surface area (TPSA) is 54.0 Å². The molecule has 0 fully saturated rings. The van der Waals surface area contributed by atoms with Crippen LogP contribution in [0.2, 0.25) is 0 Å². The molecule has 0 aromatic carbocycles. The van der Waals surface area contributed by atoms with Crippen LogP contribution in [0, 0.1) is 0 Å². The van der Waals surface area contributed by atoms with Crippen molar-refractivity contribution in [1.29, 1.82) is 0 Å². The second kappa shape index (κ2) is 6.95. The first-order chi connectivity index (χ1) is 7.33. The largest absolute Gasteiger partial charge is 0.355 e. The highest BCUT2D eigenvalue weighted by Crippen LogP contribution is 1.94. The van der Waals surface area contributed by atoms with Crippen molar-refractivity contribution in [2.24, 2.45) is 0 Å². The summed E-state index contributed by atoms with van der Waals surface area (Å²) >= 11 is 0. The number of rotatable bonds is 6. The van der Waals surface area contributed by atoms with Crippen LogP contribution in [0.15, 0.2) is 24.5 Å². The van der Waals surface area contributed by atoms with Gasteiger partial charge in [-0.1, -0.05) is 6.07 Å². The van der Waals surface area contributed by atoms with Crippen LogP contribution in [0.25, 0.3) is 0 Å². The Morgan fingerprint density at radius 1 is 1.53 bits per heavy atom. The number of nitrogens with zero attached hydrogens (tertiary/aromatic N) is 1. The number of pyridine rings is 1. The number of nitrogens with one attached hydrogen (secondary N) is 2. The summed E-state index contributed by atoms with van der Waals surface area (Å²) in [5, 5.41) is 5.81. The summed E-state index contributed by atoms with van der Waals surface area (Å²) in [5.74, 6) is 0.0451. The SMILES string of the molecule is CCNC(=O)CNCCc1cccnc1. The lowest BCUT2D eigenvalue weighted by Crippen LogP contribution is -2.34. The molecule has 0 unspecified atom stereocenters. The molecule has 0 spiro atoms. The van der Waals surface area contributed by atoms with Gasteiger partial charge in [-0.25, -0.2) is 0 Å². The molecular formula is C11H17N3O. The standard InChI is InChI=1S/C11H17N3O/c1-2-14-11(15)9-13-7-5-10-4-3-6-12-8-10/h3-4,6,8,13H,2,5,7,9H2,1H3,(H,14,15). The van der Waals surface area contributed by atoms with Crippen LogP contribution >= 0.6 is 0 Å². The number of likely N-dealkylation sites (N-methyl/N-ethyl adjacent to an activating group) is 1. The molecule has 1 aromatic rings. The third kappa shape index (κ3) is 5.12. The van der Waals surface area contributed by atoms with Crippen molar-refractivity contribution < 1.29 is 4.79 Å². The third-order valence-corrected chi connectivity index (χ3v) is 1.97. The molecule has 0 saturated heterocycles. The van der Waals surface area contributed by atoms with Crippen LogP contribution in [0.5, 0.6) is 0 Å². The van der Waals surface area contributed by atoms with E-state index in [0.29, 0.717) is 13.1 Å². The van der Waals surface area contributed by atoms with E-state index in [1.54, 1.807) is 6.20 Å². The second-order valence-corrected chi connectivity index (χ2v) is 3.24. The molecule has 1 amide bonds. The zero-order chi connectivity index (χ0) is 10.9.